The van der Waals surface area contributed by atoms with Crippen molar-refractivity contribution in [2.45, 2.75) is 6.54 Å². The van der Waals surface area contributed by atoms with Crippen LogP contribution in [-0.2, 0) is 11.3 Å². The van der Waals surface area contributed by atoms with Gasteiger partial charge in [0.05, 0.1) is 10.6 Å². The maximum absolute atomic E-state index is 13.3. The summed E-state index contributed by atoms with van der Waals surface area (Å²) >= 11 is 6.80. The van der Waals surface area contributed by atoms with Crippen molar-refractivity contribution in [2.75, 3.05) is 4.90 Å². The largest absolute Gasteiger partial charge is 0.342 e. The third-order valence-corrected chi connectivity index (χ3v) is 6.48. The number of nitrogens with zero attached hydrogens (tertiary/aromatic N) is 2. The molecule has 1 aromatic heterocycles. The molecule has 0 radical (unpaired) electrons. The molecule has 3 aromatic carbocycles. The minimum Gasteiger partial charge on any atom is -0.342 e. The number of hydrogen-bond donors (Lipinski definition) is 0. The second-order valence-corrected chi connectivity index (χ2v) is 8.88. The minimum absolute atomic E-state index is 0.114. The average molecular weight is 445 g/mol. The molecular formula is C25H17FN2OS2. The van der Waals surface area contributed by atoms with Crippen molar-refractivity contribution < 1.29 is 9.18 Å². The molecule has 0 atom stereocenters. The molecule has 1 aliphatic heterocycles. The fourth-order valence-electron chi connectivity index (χ4n) is 3.72. The first-order valence-corrected chi connectivity index (χ1v) is 11.0. The molecule has 4 aromatic rings. The number of thiocarbonyl (C=S) groups is 1. The van der Waals surface area contributed by atoms with Gasteiger partial charge in [-0.3, -0.25) is 9.69 Å². The highest BCUT2D eigenvalue weighted by molar-refractivity contribution is 8.27. The molecule has 1 fully saturated rings. The number of fused-ring (bicyclic) bond motifs is 1. The standard InChI is InChI=1S/C25H17FN2OS2/c26-19-12-10-17(11-13-19)15-27-16-18(21-8-4-5-9-22(21)27)14-23-24(29)28(25(30)31-23)20-6-2-1-3-7-20/h1-14,16H,15H2. The lowest BCUT2D eigenvalue weighted by Gasteiger charge is -2.13. The molecule has 1 amide bonds. The van der Waals surface area contributed by atoms with E-state index in [0.717, 1.165) is 27.7 Å². The number of anilines is 1. The Morgan fingerprint density at radius 3 is 2.42 bits per heavy atom. The van der Waals surface area contributed by atoms with Gasteiger partial charge in [-0.25, -0.2) is 4.39 Å². The molecule has 0 spiro atoms. The normalized spacial score (nSPS) is 15.4. The van der Waals surface area contributed by atoms with E-state index in [1.54, 1.807) is 17.0 Å². The first-order chi connectivity index (χ1) is 15.1. The van der Waals surface area contributed by atoms with Crippen LogP contribution in [0, 0.1) is 5.82 Å². The molecule has 0 aliphatic carbocycles. The molecule has 0 N–H and O–H groups in total. The van der Waals surface area contributed by atoms with Crippen LogP contribution in [0.1, 0.15) is 11.1 Å². The smallest absolute Gasteiger partial charge is 0.270 e. The van der Waals surface area contributed by atoms with Gasteiger partial charge in [0.2, 0.25) is 0 Å². The van der Waals surface area contributed by atoms with Gasteiger partial charge in [0, 0.05) is 29.2 Å². The van der Waals surface area contributed by atoms with Crippen LogP contribution >= 0.6 is 24.0 Å². The van der Waals surface area contributed by atoms with Gasteiger partial charge in [-0.1, -0.05) is 72.5 Å². The Morgan fingerprint density at radius 2 is 1.65 bits per heavy atom. The van der Waals surface area contributed by atoms with Crippen molar-refractivity contribution in [1.82, 2.24) is 4.57 Å². The first kappa shape index (κ1) is 19.7. The monoisotopic (exact) mass is 444 g/mol. The second-order valence-electron chi connectivity index (χ2n) is 7.21. The number of carbonyl (C=O) groups excluding carboxylic acids is 1. The van der Waals surface area contributed by atoms with E-state index in [0.29, 0.717) is 15.8 Å². The summed E-state index contributed by atoms with van der Waals surface area (Å²) in [6, 6.07) is 24.0. The average Bonchev–Trinajstić information content (AvgIpc) is 3.27. The quantitative estimate of drug-likeness (QED) is 0.275. The second kappa shape index (κ2) is 8.13. The number of benzene rings is 3. The zero-order valence-electron chi connectivity index (χ0n) is 16.4. The number of halogens is 1. The molecule has 31 heavy (non-hydrogen) atoms. The maximum Gasteiger partial charge on any atom is 0.270 e. The first-order valence-electron chi connectivity index (χ1n) is 9.75. The molecule has 1 saturated heterocycles. The number of thioether (sulfide) groups is 1. The predicted molar refractivity (Wildman–Crippen MR) is 130 cm³/mol. The minimum atomic E-state index is -0.248. The van der Waals surface area contributed by atoms with Crippen molar-refractivity contribution in [3.63, 3.8) is 0 Å². The summed E-state index contributed by atoms with van der Waals surface area (Å²) < 4.78 is 15.9. The molecule has 0 unspecified atom stereocenters. The summed E-state index contributed by atoms with van der Waals surface area (Å²) in [5.74, 6) is -0.362. The van der Waals surface area contributed by atoms with Gasteiger partial charge in [-0.2, -0.15) is 0 Å². The lowest BCUT2D eigenvalue weighted by molar-refractivity contribution is -0.113. The molecule has 0 bridgehead atoms. The van der Waals surface area contributed by atoms with Crippen LogP contribution in [0.25, 0.3) is 17.0 Å². The molecule has 2 heterocycles. The van der Waals surface area contributed by atoms with Crippen LogP contribution in [0.15, 0.2) is 90.0 Å². The van der Waals surface area contributed by atoms with E-state index in [1.807, 2.05) is 66.9 Å². The molecule has 1 aliphatic rings. The number of carbonyl (C=O) groups is 1. The van der Waals surface area contributed by atoms with Crippen molar-refractivity contribution >= 4 is 56.9 Å². The topological polar surface area (TPSA) is 25.2 Å². The van der Waals surface area contributed by atoms with Crippen LogP contribution in [-0.4, -0.2) is 14.8 Å². The number of amides is 1. The van der Waals surface area contributed by atoms with E-state index in [2.05, 4.69) is 4.57 Å². The van der Waals surface area contributed by atoms with Crippen molar-refractivity contribution in [1.29, 1.82) is 0 Å². The number of hydrogen-bond acceptors (Lipinski definition) is 3. The zero-order valence-corrected chi connectivity index (χ0v) is 18.0. The molecule has 5 rings (SSSR count). The van der Waals surface area contributed by atoms with E-state index in [9.17, 15) is 9.18 Å². The van der Waals surface area contributed by atoms with Gasteiger partial charge in [0.25, 0.3) is 5.91 Å². The zero-order chi connectivity index (χ0) is 21.4. The summed E-state index contributed by atoms with van der Waals surface area (Å²) in [7, 11) is 0. The van der Waals surface area contributed by atoms with Crippen molar-refractivity contribution in [3.8, 4) is 0 Å². The summed E-state index contributed by atoms with van der Waals surface area (Å²) in [5.41, 5.74) is 3.78. The van der Waals surface area contributed by atoms with Gasteiger partial charge in [-0.15, -0.1) is 0 Å². The maximum atomic E-state index is 13.3. The highest BCUT2D eigenvalue weighted by Crippen LogP contribution is 2.37. The fraction of sp³-hybridized carbons (Fsp3) is 0.0400. The summed E-state index contributed by atoms with van der Waals surface area (Å²) in [6.07, 6.45) is 3.94. The van der Waals surface area contributed by atoms with Crippen molar-refractivity contribution in [3.05, 3.63) is 107 Å². The molecule has 6 heteroatoms. The molecule has 152 valence electrons. The van der Waals surface area contributed by atoms with E-state index in [-0.39, 0.29) is 11.7 Å². The van der Waals surface area contributed by atoms with Gasteiger partial charge in [-0.05, 0) is 42.0 Å². The van der Waals surface area contributed by atoms with E-state index >= 15 is 0 Å². The lowest BCUT2D eigenvalue weighted by atomic mass is 10.1. The van der Waals surface area contributed by atoms with Gasteiger partial charge in [0.1, 0.15) is 5.82 Å². The highest BCUT2D eigenvalue weighted by Gasteiger charge is 2.33. The Balaban J connectivity index is 1.52. The van der Waals surface area contributed by atoms with Crippen molar-refractivity contribution in [2.24, 2.45) is 0 Å². The Kier molecular flexibility index (Phi) is 5.18. The molecule has 3 nitrogen and oxygen atoms in total. The Labute approximate surface area is 188 Å². The Hall–Kier alpha value is -3.22. The summed E-state index contributed by atoms with van der Waals surface area (Å²) in [4.78, 5) is 15.3. The van der Waals surface area contributed by atoms with E-state index in [1.165, 1.54) is 23.9 Å². The molecular weight excluding hydrogens is 427 g/mol. The summed E-state index contributed by atoms with van der Waals surface area (Å²) in [5, 5.41) is 1.05. The third kappa shape index (κ3) is 3.80. The number of aromatic nitrogens is 1. The SMILES string of the molecule is O=C1C(=Cc2cn(Cc3ccc(F)cc3)c3ccccc23)SC(=S)N1c1ccccc1. The van der Waals surface area contributed by atoms with E-state index < -0.39 is 0 Å². The van der Waals surface area contributed by atoms with Crippen LogP contribution in [0.4, 0.5) is 10.1 Å². The number of rotatable bonds is 4. The highest BCUT2D eigenvalue weighted by atomic mass is 32.2. The van der Waals surface area contributed by atoms with Crippen LogP contribution in [0.5, 0.6) is 0 Å². The van der Waals surface area contributed by atoms with E-state index in [4.69, 9.17) is 12.2 Å². The van der Waals surface area contributed by atoms with Gasteiger partial charge >= 0.3 is 0 Å². The fourth-order valence-corrected chi connectivity index (χ4v) is 5.01. The Morgan fingerprint density at radius 1 is 0.935 bits per heavy atom. The Bertz CT molecular complexity index is 1330. The molecule has 0 saturated carbocycles. The van der Waals surface area contributed by atoms with Crippen LogP contribution in [0.3, 0.4) is 0 Å². The number of para-hydroxylation sites is 2. The lowest BCUT2D eigenvalue weighted by Crippen LogP contribution is -2.27. The van der Waals surface area contributed by atoms with Gasteiger partial charge < -0.3 is 4.57 Å². The summed E-state index contributed by atoms with van der Waals surface area (Å²) in [6.45, 7) is 0.611. The van der Waals surface area contributed by atoms with Gasteiger partial charge in [0.15, 0.2) is 4.32 Å². The van der Waals surface area contributed by atoms with Crippen LogP contribution in [0.2, 0.25) is 0 Å². The predicted octanol–water partition coefficient (Wildman–Crippen LogP) is 6.23. The van der Waals surface area contributed by atoms with Crippen LogP contribution < -0.4 is 4.90 Å². The third-order valence-electron chi connectivity index (χ3n) is 5.18.